The Hall–Kier alpha value is -2.62. The molecule has 10 heteroatoms. The van der Waals surface area contributed by atoms with Crippen molar-refractivity contribution < 1.29 is 32.3 Å². The molecule has 2 heterocycles. The fourth-order valence-electron chi connectivity index (χ4n) is 3.33. The van der Waals surface area contributed by atoms with Gasteiger partial charge in [-0.05, 0) is 24.1 Å². The Morgan fingerprint density at radius 1 is 1.29 bits per heavy atom. The van der Waals surface area contributed by atoms with Gasteiger partial charge in [-0.15, -0.1) is 0 Å². The van der Waals surface area contributed by atoms with Gasteiger partial charge in [-0.3, -0.25) is 9.69 Å². The van der Waals surface area contributed by atoms with Gasteiger partial charge in [-0.25, -0.2) is 9.59 Å². The molecule has 2 amide bonds. The van der Waals surface area contributed by atoms with E-state index in [0.717, 1.165) is 13.1 Å². The van der Waals surface area contributed by atoms with Crippen LogP contribution >= 0.6 is 0 Å². The highest BCUT2D eigenvalue weighted by molar-refractivity contribution is 5.94. The van der Waals surface area contributed by atoms with Crippen molar-refractivity contribution >= 4 is 23.7 Å². The molecule has 3 rings (SSSR count). The summed E-state index contributed by atoms with van der Waals surface area (Å²) in [5.74, 6) is -4.67. The number of ether oxygens (including phenoxy) is 1. The molecular formula is C18H20F3N3O4. The molecule has 1 N–H and O–H groups in total. The molecule has 28 heavy (non-hydrogen) atoms. The lowest BCUT2D eigenvalue weighted by Crippen LogP contribution is -2.49. The van der Waals surface area contributed by atoms with Crippen LogP contribution in [0.15, 0.2) is 24.3 Å². The fourth-order valence-corrected chi connectivity index (χ4v) is 3.33. The first kappa shape index (κ1) is 20.1. The van der Waals surface area contributed by atoms with Gasteiger partial charge in [0.1, 0.15) is 0 Å². The minimum atomic E-state index is -5.21. The summed E-state index contributed by atoms with van der Waals surface area (Å²) in [6.45, 7) is 4.13. The van der Waals surface area contributed by atoms with Crippen LogP contribution in [0.4, 0.5) is 23.7 Å². The lowest BCUT2D eigenvalue weighted by atomic mass is 10.0. The number of rotatable bonds is 4. The number of amides is 2. The first-order valence-electron chi connectivity index (χ1n) is 8.87. The monoisotopic (exact) mass is 399 g/mol. The molecule has 0 aliphatic carbocycles. The molecule has 1 aromatic carbocycles. The number of hydrogen-bond acceptors (Lipinski definition) is 5. The molecule has 2 atom stereocenters. The normalized spacial score (nSPS) is 20.7. The third-order valence-corrected chi connectivity index (χ3v) is 4.84. The predicted octanol–water partition coefficient (Wildman–Crippen LogP) is 1.71. The summed E-state index contributed by atoms with van der Waals surface area (Å²) in [4.78, 5) is 38.4. The second-order valence-corrected chi connectivity index (χ2v) is 6.92. The maximum Gasteiger partial charge on any atom is 0.491 e. The topological polar surface area (TPSA) is 78.9 Å². The molecule has 0 bridgehead atoms. The third kappa shape index (κ3) is 4.27. The Labute approximate surface area is 159 Å². The third-order valence-electron chi connectivity index (χ3n) is 4.84. The van der Waals surface area contributed by atoms with Crippen molar-refractivity contribution in [2.24, 2.45) is 5.92 Å². The van der Waals surface area contributed by atoms with Crippen LogP contribution in [0.3, 0.4) is 0 Å². The zero-order valence-corrected chi connectivity index (χ0v) is 15.2. The number of anilines is 1. The van der Waals surface area contributed by atoms with Crippen LogP contribution in [0.1, 0.15) is 12.5 Å². The number of nitrogens with one attached hydrogen (secondary N) is 1. The molecule has 2 aliphatic rings. The minimum absolute atomic E-state index is 0.0538. The van der Waals surface area contributed by atoms with Crippen LogP contribution < -0.4 is 10.2 Å². The van der Waals surface area contributed by atoms with E-state index in [4.69, 9.17) is 0 Å². The fraction of sp³-hybridized carbons (Fsp3) is 0.500. The molecule has 0 saturated carbocycles. The van der Waals surface area contributed by atoms with Gasteiger partial charge in [0, 0.05) is 31.9 Å². The average Bonchev–Trinajstić information content (AvgIpc) is 2.98. The van der Waals surface area contributed by atoms with Crippen molar-refractivity contribution in [3.63, 3.8) is 0 Å². The van der Waals surface area contributed by atoms with E-state index >= 15 is 0 Å². The van der Waals surface area contributed by atoms with Crippen LogP contribution in [0, 0.1) is 5.92 Å². The molecule has 152 valence electrons. The van der Waals surface area contributed by atoms with Crippen LogP contribution in [-0.4, -0.2) is 61.3 Å². The molecule has 0 radical (unpaired) electrons. The number of alkyl halides is 3. The average molecular weight is 399 g/mol. The van der Waals surface area contributed by atoms with Crippen molar-refractivity contribution in [2.45, 2.75) is 25.6 Å². The summed E-state index contributed by atoms with van der Waals surface area (Å²) >= 11 is 0. The number of carbonyl (C=O) groups is 3. The number of fused-ring (bicyclic) bond motifs is 1. The van der Waals surface area contributed by atoms with E-state index in [2.05, 4.69) is 10.1 Å². The predicted molar refractivity (Wildman–Crippen MR) is 92.6 cm³/mol. The zero-order chi connectivity index (χ0) is 20.5. The second kappa shape index (κ2) is 7.78. The lowest BCUT2D eigenvalue weighted by Gasteiger charge is -2.28. The van der Waals surface area contributed by atoms with Crippen LogP contribution in [-0.2, 0) is 20.7 Å². The first-order chi connectivity index (χ1) is 13.2. The van der Waals surface area contributed by atoms with Gasteiger partial charge in [0.15, 0.2) is 0 Å². The van der Waals surface area contributed by atoms with E-state index in [9.17, 15) is 27.6 Å². The summed E-state index contributed by atoms with van der Waals surface area (Å²) in [6.07, 6.45) is -5.10. The number of urea groups is 1. The highest BCUT2D eigenvalue weighted by atomic mass is 19.4. The Morgan fingerprint density at radius 2 is 1.96 bits per heavy atom. The van der Waals surface area contributed by atoms with Crippen LogP contribution in [0.2, 0.25) is 0 Å². The summed E-state index contributed by atoms with van der Waals surface area (Å²) in [6, 6.07) is 6.95. The van der Waals surface area contributed by atoms with Crippen molar-refractivity contribution in [3.05, 3.63) is 29.8 Å². The number of nitrogens with zero attached hydrogens (tertiary/aromatic N) is 2. The van der Waals surface area contributed by atoms with E-state index in [1.807, 2.05) is 4.90 Å². The number of halogens is 3. The van der Waals surface area contributed by atoms with E-state index in [0.29, 0.717) is 24.3 Å². The molecule has 2 aliphatic heterocycles. The van der Waals surface area contributed by atoms with Gasteiger partial charge in [0.2, 0.25) is 0 Å². The Kier molecular flexibility index (Phi) is 5.59. The zero-order valence-electron chi connectivity index (χ0n) is 15.2. The molecule has 1 aromatic rings. The molecule has 0 spiro atoms. The van der Waals surface area contributed by atoms with Gasteiger partial charge in [-0.2, -0.15) is 13.2 Å². The smallest absolute Gasteiger partial charge is 0.386 e. The molecule has 0 aromatic heterocycles. The number of piperazine rings is 1. The van der Waals surface area contributed by atoms with E-state index in [1.165, 1.54) is 6.92 Å². The van der Waals surface area contributed by atoms with E-state index in [1.54, 1.807) is 29.2 Å². The van der Waals surface area contributed by atoms with Gasteiger partial charge < -0.3 is 15.0 Å². The maximum absolute atomic E-state index is 12.5. The Bertz CT molecular complexity index is 766. The number of esters is 2. The highest BCUT2D eigenvalue weighted by Gasteiger charge is 2.43. The summed E-state index contributed by atoms with van der Waals surface area (Å²) in [5, 5.41) is 3.25. The molecule has 7 nitrogen and oxygen atoms in total. The maximum atomic E-state index is 12.5. The molecule has 2 fully saturated rings. The van der Waals surface area contributed by atoms with Crippen molar-refractivity contribution in [1.82, 2.24) is 10.2 Å². The van der Waals surface area contributed by atoms with Crippen molar-refractivity contribution in [3.8, 4) is 0 Å². The van der Waals surface area contributed by atoms with Crippen molar-refractivity contribution in [1.29, 1.82) is 0 Å². The number of benzene rings is 1. The standard InChI is InChI=1S/C18H20F3N3O4/c1-11(15(25)28-16(26)18(19,20)21)8-12-2-4-13(5-3-12)24-10-14-9-22-6-7-23(14)17(24)27/h2-5,11,14,22H,6-10H2,1H3/t11?,14-/m0/s1. The SMILES string of the molecule is CC(Cc1ccc(N2C[C@@H]3CNCCN3C2=O)cc1)C(=O)OC(=O)C(F)(F)F. The van der Waals surface area contributed by atoms with Crippen LogP contribution in [0.25, 0.3) is 0 Å². The van der Waals surface area contributed by atoms with E-state index in [-0.39, 0.29) is 18.5 Å². The largest absolute Gasteiger partial charge is 0.491 e. The lowest BCUT2D eigenvalue weighted by molar-refractivity contribution is -0.203. The second-order valence-electron chi connectivity index (χ2n) is 6.92. The number of carbonyl (C=O) groups excluding carboxylic acids is 3. The van der Waals surface area contributed by atoms with Gasteiger partial charge in [0.25, 0.3) is 0 Å². The summed E-state index contributed by atoms with van der Waals surface area (Å²) < 4.78 is 40.4. The molecule has 2 saturated heterocycles. The molecular weight excluding hydrogens is 379 g/mol. The van der Waals surface area contributed by atoms with Gasteiger partial charge >= 0.3 is 24.1 Å². The number of hydrogen-bond donors (Lipinski definition) is 1. The molecule has 1 unspecified atom stereocenters. The minimum Gasteiger partial charge on any atom is -0.386 e. The first-order valence-corrected chi connectivity index (χ1v) is 8.87. The highest BCUT2D eigenvalue weighted by Crippen LogP contribution is 2.26. The summed E-state index contributed by atoms with van der Waals surface area (Å²) in [5.41, 5.74) is 1.39. The quantitative estimate of drug-likeness (QED) is 0.616. The van der Waals surface area contributed by atoms with Crippen LogP contribution in [0.5, 0.6) is 0 Å². The summed E-state index contributed by atoms with van der Waals surface area (Å²) in [7, 11) is 0. The van der Waals surface area contributed by atoms with Crippen molar-refractivity contribution in [2.75, 3.05) is 31.1 Å². The Morgan fingerprint density at radius 3 is 2.57 bits per heavy atom. The van der Waals surface area contributed by atoms with Gasteiger partial charge in [0.05, 0.1) is 12.0 Å². The van der Waals surface area contributed by atoms with Gasteiger partial charge in [-0.1, -0.05) is 19.1 Å². The Balaban J connectivity index is 1.59. The van der Waals surface area contributed by atoms with E-state index < -0.39 is 24.0 Å².